The van der Waals surface area contributed by atoms with Crippen molar-refractivity contribution >= 4 is 29.2 Å². The molecule has 2 aliphatic heterocycles. The minimum absolute atomic E-state index is 0.595. The number of hydrogen-bond acceptors (Lipinski definition) is 4. The molecule has 5 heteroatoms. The van der Waals surface area contributed by atoms with Crippen LogP contribution in [0.25, 0.3) is 67.2 Å². The number of benzene rings is 8. The van der Waals surface area contributed by atoms with Crippen LogP contribution in [0.2, 0.25) is 13.1 Å². The van der Waals surface area contributed by atoms with Crippen molar-refractivity contribution < 1.29 is 4.74 Å². The van der Waals surface area contributed by atoms with Gasteiger partial charge in [-0.3, -0.25) is 0 Å². The molecule has 4 nitrogen and oxygen atoms in total. The predicted octanol–water partition coefficient (Wildman–Crippen LogP) is 11.3. The van der Waals surface area contributed by atoms with E-state index >= 15 is 0 Å². The Bertz CT molecular complexity index is 3120. The van der Waals surface area contributed by atoms with E-state index in [4.69, 9.17) is 19.7 Å². The van der Waals surface area contributed by atoms with Gasteiger partial charge in [-0.1, -0.05) is 177 Å². The first-order valence-electron chi connectivity index (χ1n) is 19.6. The van der Waals surface area contributed by atoms with E-state index < -0.39 is 13.5 Å². The van der Waals surface area contributed by atoms with Gasteiger partial charge in [-0.05, 0) is 66.7 Å². The Kier molecular flexibility index (Phi) is 6.68. The molecule has 0 radical (unpaired) electrons. The van der Waals surface area contributed by atoms with E-state index in [-0.39, 0.29) is 0 Å². The second kappa shape index (κ2) is 11.8. The Labute approximate surface area is 332 Å². The normalized spacial score (nSPS) is 14.6. The number of nitrogens with zero attached hydrogens (tertiary/aromatic N) is 3. The number of para-hydroxylation sites is 2. The molecule has 0 atom stereocenters. The summed E-state index contributed by atoms with van der Waals surface area (Å²) in [5.74, 6) is 3.74. The zero-order valence-electron chi connectivity index (χ0n) is 31.5. The summed E-state index contributed by atoms with van der Waals surface area (Å²) < 4.78 is 6.62. The minimum Gasteiger partial charge on any atom is -0.457 e. The van der Waals surface area contributed by atoms with Gasteiger partial charge in [0, 0.05) is 27.8 Å². The molecule has 0 fully saturated rings. The molecule has 0 amide bonds. The molecule has 1 aromatic heterocycles. The summed E-state index contributed by atoms with van der Waals surface area (Å²) in [6.07, 6.45) is 0. The quantitative estimate of drug-likeness (QED) is 0.169. The third-order valence-corrected chi connectivity index (χ3v) is 16.2. The van der Waals surface area contributed by atoms with E-state index in [2.05, 4.69) is 189 Å². The smallest absolute Gasteiger partial charge is 0.164 e. The lowest BCUT2D eigenvalue weighted by atomic mass is 9.66. The molecular formula is C52H35N3OSi. The molecule has 0 saturated heterocycles. The van der Waals surface area contributed by atoms with Gasteiger partial charge in [-0.15, -0.1) is 0 Å². The van der Waals surface area contributed by atoms with Gasteiger partial charge in [-0.2, -0.15) is 0 Å². The van der Waals surface area contributed by atoms with Gasteiger partial charge < -0.3 is 4.74 Å². The van der Waals surface area contributed by atoms with Crippen molar-refractivity contribution in [3.05, 3.63) is 198 Å². The molecule has 3 aliphatic rings. The lowest BCUT2D eigenvalue weighted by Gasteiger charge is -2.39. The minimum atomic E-state index is -1.95. The fourth-order valence-corrected chi connectivity index (χ4v) is 13.3. The number of ether oxygens (including phenoxy) is 1. The Morgan fingerprint density at radius 3 is 1.61 bits per heavy atom. The summed E-state index contributed by atoms with van der Waals surface area (Å²) in [6.45, 7) is 4.91. The van der Waals surface area contributed by atoms with Crippen LogP contribution in [0, 0.1) is 0 Å². The fourth-order valence-electron chi connectivity index (χ4n) is 10.2. The number of rotatable bonds is 3. The Morgan fingerprint density at radius 2 is 0.860 bits per heavy atom. The van der Waals surface area contributed by atoms with Crippen LogP contribution in [0.3, 0.4) is 0 Å². The first-order chi connectivity index (χ1) is 28.0. The van der Waals surface area contributed by atoms with Crippen LogP contribution in [0.1, 0.15) is 22.3 Å². The summed E-state index contributed by atoms with van der Waals surface area (Å²) >= 11 is 0. The number of aromatic nitrogens is 3. The van der Waals surface area contributed by atoms with Crippen LogP contribution in [-0.4, -0.2) is 23.0 Å². The van der Waals surface area contributed by atoms with E-state index in [9.17, 15) is 0 Å². The van der Waals surface area contributed by atoms with Gasteiger partial charge in [0.05, 0.1) is 5.41 Å². The van der Waals surface area contributed by atoms with Crippen molar-refractivity contribution in [3.8, 4) is 67.9 Å². The molecule has 1 spiro atoms. The van der Waals surface area contributed by atoms with Gasteiger partial charge in [0.25, 0.3) is 0 Å². The fraction of sp³-hybridized carbons (Fsp3) is 0.0577. The highest BCUT2D eigenvalue weighted by molar-refractivity contribution is 7.04. The molecular weight excluding hydrogens is 711 g/mol. The van der Waals surface area contributed by atoms with E-state index in [0.29, 0.717) is 17.5 Å². The van der Waals surface area contributed by atoms with Crippen molar-refractivity contribution in [3.63, 3.8) is 0 Å². The molecule has 3 heterocycles. The molecule has 57 heavy (non-hydrogen) atoms. The maximum Gasteiger partial charge on any atom is 0.164 e. The molecule has 0 bridgehead atoms. The molecule has 0 N–H and O–H groups in total. The zero-order chi connectivity index (χ0) is 37.9. The average molecular weight is 746 g/mol. The molecule has 0 saturated carbocycles. The maximum atomic E-state index is 6.62. The van der Waals surface area contributed by atoms with Crippen LogP contribution in [0.4, 0.5) is 0 Å². The number of fused-ring (bicyclic) bond motifs is 13. The monoisotopic (exact) mass is 745 g/mol. The Morgan fingerprint density at radius 1 is 0.386 bits per heavy atom. The van der Waals surface area contributed by atoms with Crippen LogP contribution < -0.4 is 15.1 Å². The molecule has 12 rings (SSSR count). The van der Waals surface area contributed by atoms with E-state index in [1.54, 1.807) is 0 Å². The van der Waals surface area contributed by atoms with Gasteiger partial charge in [0.15, 0.2) is 17.5 Å². The Hall–Kier alpha value is -6.95. The first-order valence-corrected chi connectivity index (χ1v) is 22.6. The van der Waals surface area contributed by atoms with Crippen molar-refractivity contribution in [2.45, 2.75) is 18.5 Å². The molecule has 8 aromatic carbocycles. The second-order valence-corrected chi connectivity index (χ2v) is 20.2. The van der Waals surface area contributed by atoms with E-state index in [0.717, 1.165) is 55.7 Å². The largest absolute Gasteiger partial charge is 0.457 e. The molecule has 1 aliphatic carbocycles. The van der Waals surface area contributed by atoms with Gasteiger partial charge >= 0.3 is 0 Å². The van der Waals surface area contributed by atoms with Crippen LogP contribution in [0.15, 0.2) is 176 Å². The van der Waals surface area contributed by atoms with Crippen molar-refractivity contribution in [2.75, 3.05) is 0 Å². The van der Waals surface area contributed by atoms with Crippen molar-refractivity contribution in [2.24, 2.45) is 0 Å². The molecule has 268 valence electrons. The van der Waals surface area contributed by atoms with E-state index in [1.165, 1.54) is 38.2 Å². The van der Waals surface area contributed by atoms with Crippen LogP contribution >= 0.6 is 0 Å². The van der Waals surface area contributed by atoms with Gasteiger partial charge in [0.2, 0.25) is 0 Å². The lowest BCUT2D eigenvalue weighted by molar-refractivity contribution is 0.436. The summed E-state index contributed by atoms with van der Waals surface area (Å²) in [5, 5.41) is 5.13. The first kappa shape index (κ1) is 32.3. The highest BCUT2D eigenvalue weighted by Gasteiger charge is 2.51. The van der Waals surface area contributed by atoms with E-state index in [1.807, 2.05) is 0 Å². The zero-order valence-corrected chi connectivity index (χ0v) is 32.5. The summed E-state index contributed by atoms with van der Waals surface area (Å²) in [7, 11) is -1.95. The molecule has 9 aromatic rings. The third-order valence-electron chi connectivity index (χ3n) is 12.6. The summed E-state index contributed by atoms with van der Waals surface area (Å²) in [4.78, 5) is 16.4. The SMILES string of the molecule is C[Si]1(C)c2ccccc2-c2c(-c3nc(-c4cccc5c4-c4ccccc4C54c5ccccc5Oc5ccccc54)nc(-c4cccc5ccccc45)n3)cccc21. The third kappa shape index (κ3) is 4.35. The summed E-state index contributed by atoms with van der Waals surface area (Å²) in [5.41, 5.74) is 11.9. The second-order valence-electron chi connectivity index (χ2n) is 15.8. The van der Waals surface area contributed by atoms with Gasteiger partial charge in [0.1, 0.15) is 19.6 Å². The number of hydrogen-bond donors (Lipinski definition) is 0. The summed E-state index contributed by atoms with van der Waals surface area (Å²) in [6, 6.07) is 63.0. The van der Waals surface area contributed by atoms with Gasteiger partial charge in [-0.25, -0.2) is 15.0 Å². The maximum absolute atomic E-state index is 6.62. The van der Waals surface area contributed by atoms with Crippen LogP contribution in [-0.2, 0) is 5.41 Å². The van der Waals surface area contributed by atoms with Crippen LogP contribution in [0.5, 0.6) is 11.5 Å². The predicted molar refractivity (Wildman–Crippen MR) is 233 cm³/mol. The molecule has 0 unspecified atom stereocenters. The highest BCUT2D eigenvalue weighted by atomic mass is 28.3. The standard InChI is InChI=1S/C52H35N3OSi/c1-57(2)45-30-12-6-20-36(45)48-38(23-15-31-46(48)57)51-54-49(34-21-13-17-32-16-3-4-18-33(32)34)53-50(55-51)37-22-14-27-42-47(37)35-19-5-7-24-39(35)52(42)40-25-8-10-28-43(40)56-44-29-11-9-26-41(44)52/h3-31H,1-2H3. The topological polar surface area (TPSA) is 47.9 Å². The van der Waals surface area contributed by atoms with Crippen molar-refractivity contribution in [1.29, 1.82) is 0 Å². The van der Waals surface area contributed by atoms with Crippen molar-refractivity contribution in [1.82, 2.24) is 15.0 Å². The lowest BCUT2D eigenvalue weighted by Crippen LogP contribution is -2.49. The highest BCUT2D eigenvalue weighted by Crippen LogP contribution is 2.63. The Balaban J connectivity index is 1.17. The average Bonchev–Trinajstić information content (AvgIpc) is 3.69.